The van der Waals surface area contributed by atoms with E-state index in [-0.39, 0.29) is 18.0 Å². The highest BCUT2D eigenvalue weighted by molar-refractivity contribution is 5.77. The molecule has 0 atom stereocenters. The van der Waals surface area contributed by atoms with E-state index in [1.165, 1.54) is 10.6 Å². The van der Waals surface area contributed by atoms with Crippen molar-refractivity contribution < 1.29 is 4.79 Å². The molecule has 0 aliphatic carbocycles. The van der Waals surface area contributed by atoms with Crippen LogP contribution in [0.3, 0.4) is 0 Å². The van der Waals surface area contributed by atoms with E-state index in [2.05, 4.69) is 21.9 Å². The molecule has 3 heterocycles. The molecule has 1 aromatic carbocycles. The number of piperazine rings is 1. The summed E-state index contributed by atoms with van der Waals surface area (Å²) in [6.45, 7) is 10.3. The molecule has 4 rings (SSSR count). The van der Waals surface area contributed by atoms with E-state index in [4.69, 9.17) is 0 Å². The van der Waals surface area contributed by atoms with E-state index in [0.29, 0.717) is 17.3 Å². The zero-order chi connectivity index (χ0) is 20.5. The maximum Gasteiger partial charge on any atom is 0.275 e. The molecule has 0 bridgehead atoms. The van der Waals surface area contributed by atoms with Crippen LogP contribution in [0.25, 0.3) is 17.2 Å². The van der Waals surface area contributed by atoms with Gasteiger partial charge in [-0.3, -0.25) is 9.59 Å². The number of amides is 1. The highest BCUT2D eigenvalue weighted by Crippen LogP contribution is 2.17. The number of likely N-dealkylation sites (N-methyl/N-ethyl adjacent to an activating group) is 1. The lowest BCUT2D eigenvalue weighted by Gasteiger charge is -2.34. The lowest BCUT2D eigenvalue weighted by molar-refractivity contribution is -0.133. The SMILES string of the molecule is CCN1CCN(C(=O)Cn2c(C)cc(=O)n3nc(-c4cccc(C)c4)nc23)CC1. The third-order valence-corrected chi connectivity index (χ3v) is 5.54. The first-order valence-electron chi connectivity index (χ1n) is 10.0. The molecule has 1 saturated heterocycles. The minimum atomic E-state index is -0.246. The Balaban J connectivity index is 1.67. The standard InChI is InChI=1S/C21H26N6O2/c1-4-24-8-10-25(11-9-24)19(29)14-26-16(3)13-18(28)27-21(26)22-20(23-27)17-7-5-6-15(2)12-17/h5-7,12-13H,4,8-11,14H2,1-3H3. The summed E-state index contributed by atoms with van der Waals surface area (Å²) in [6.07, 6.45) is 0. The smallest absolute Gasteiger partial charge is 0.275 e. The topological polar surface area (TPSA) is 75.7 Å². The normalized spacial score (nSPS) is 15.2. The van der Waals surface area contributed by atoms with E-state index < -0.39 is 0 Å². The molecule has 8 heteroatoms. The van der Waals surface area contributed by atoms with Crippen LogP contribution in [0.1, 0.15) is 18.2 Å². The molecule has 8 nitrogen and oxygen atoms in total. The zero-order valence-corrected chi connectivity index (χ0v) is 17.1. The zero-order valence-electron chi connectivity index (χ0n) is 17.1. The Bertz CT molecular complexity index is 1110. The van der Waals surface area contributed by atoms with Crippen molar-refractivity contribution in [1.82, 2.24) is 29.0 Å². The molecule has 2 aromatic heterocycles. The average molecular weight is 394 g/mol. The third kappa shape index (κ3) is 3.80. The minimum Gasteiger partial charge on any atom is -0.339 e. The van der Waals surface area contributed by atoms with Crippen LogP contribution in [0, 0.1) is 13.8 Å². The van der Waals surface area contributed by atoms with E-state index >= 15 is 0 Å². The first-order chi connectivity index (χ1) is 14.0. The average Bonchev–Trinajstić information content (AvgIpc) is 3.17. The molecular weight excluding hydrogens is 368 g/mol. The van der Waals surface area contributed by atoms with Gasteiger partial charge in [0.05, 0.1) is 0 Å². The van der Waals surface area contributed by atoms with Gasteiger partial charge in [-0.05, 0) is 26.5 Å². The first kappa shape index (κ1) is 19.3. The highest BCUT2D eigenvalue weighted by Gasteiger charge is 2.22. The molecular formula is C21H26N6O2. The van der Waals surface area contributed by atoms with Crippen molar-refractivity contribution in [2.75, 3.05) is 32.7 Å². The Labute approximate surface area is 169 Å². The van der Waals surface area contributed by atoms with Crippen molar-refractivity contribution in [3.8, 4) is 11.4 Å². The number of carbonyl (C=O) groups excluding carboxylic acids is 1. The van der Waals surface area contributed by atoms with Gasteiger partial charge in [0, 0.05) is 43.5 Å². The molecule has 0 saturated carbocycles. The van der Waals surface area contributed by atoms with Crippen molar-refractivity contribution >= 4 is 11.7 Å². The van der Waals surface area contributed by atoms with Gasteiger partial charge in [-0.25, -0.2) is 0 Å². The van der Waals surface area contributed by atoms with Crippen LogP contribution < -0.4 is 5.56 Å². The summed E-state index contributed by atoms with van der Waals surface area (Å²) < 4.78 is 3.06. The van der Waals surface area contributed by atoms with E-state index in [9.17, 15) is 9.59 Å². The van der Waals surface area contributed by atoms with E-state index in [1.807, 2.05) is 43.0 Å². The van der Waals surface area contributed by atoms with E-state index in [1.54, 1.807) is 4.57 Å². The summed E-state index contributed by atoms with van der Waals surface area (Å²) in [5.74, 6) is 0.913. The number of fused-ring (bicyclic) bond motifs is 1. The lowest BCUT2D eigenvalue weighted by Crippen LogP contribution is -2.49. The molecule has 1 aliphatic rings. The summed E-state index contributed by atoms with van der Waals surface area (Å²) in [6, 6.07) is 9.34. The van der Waals surface area contributed by atoms with Crippen molar-refractivity contribution in [3.63, 3.8) is 0 Å². The monoisotopic (exact) mass is 394 g/mol. The van der Waals surface area contributed by atoms with Gasteiger partial charge in [-0.15, -0.1) is 5.10 Å². The second kappa shape index (κ2) is 7.79. The third-order valence-electron chi connectivity index (χ3n) is 5.54. The first-order valence-corrected chi connectivity index (χ1v) is 10.0. The Morgan fingerprint density at radius 3 is 2.55 bits per heavy atom. The van der Waals surface area contributed by atoms with Crippen molar-refractivity contribution in [3.05, 3.63) is 51.9 Å². The highest BCUT2D eigenvalue weighted by atomic mass is 16.2. The number of aromatic nitrogens is 4. The number of hydrogen-bond acceptors (Lipinski definition) is 5. The molecule has 1 aliphatic heterocycles. The predicted molar refractivity (Wildman–Crippen MR) is 111 cm³/mol. The summed E-state index contributed by atoms with van der Waals surface area (Å²) >= 11 is 0. The van der Waals surface area contributed by atoms with Gasteiger partial charge < -0.3 is 14.4 Å². The van der Waals surface area contributed by atoms with Gasteiger partial charge in [-0.1, -0.05) is 30.7 Å². The summed E-state index contributed by atoms with van der Waals surface area (Å²) in [5, 5.41) is 4.41. The van der Waals surface area contributed by atoms with Gasteiger partial charge in [0.15, 0.2) is 5.82 Å². The number of aryl methyl sites for hydroxylation is 2. The van der Waals surface area contributed by atoms with Crippen LogP contribution in [-0.4, -0.2) is 67.6 Å². The minimum absolute atomic E-state index is 0.0366. The number of hydrogen-bond donors (Lipinski definition) is 0. The summed E-state index contributed by atoms with van der Waals surface area (Å²) in [5.41, 5.74) is 2.39. The number of benzene rings is 1. The Morgan fingerprint density at radius 2 is 1.86 bits per heavy atom. The molecule has 0 spiro atoms. The largest absolute Gasteiger partial charge is 0.339 e. The van der Waals surface area contributed by atoms with Crippen molar-refractivity contribution in [2.45, 2.75) is 27.3 Å². The second-order valence-corrected chi connectivity index (χ2v) is 7.54. The van der Waals surface area contributed by atoms with Gasteiger partial charge >= 0.3 is 0 Å². The van der Waals surface area contributed by atoms with Crippen LogP contribution in [0.5, 0.6) is 0 Å². The molecule has 1 amide bonds. The van der Waals surface area contributed by atoms with Crippen LogP contribution in [0.15, 0.2) is 35.1 Å². The fourth-order valence-corrected chi connectivity index (χ4v) is 3.75. The molecule has 29 heavy (non-hydrogen) atoms. The van der Waals surface area contributed by atoms with Gasteiger partial charge in [-0.2, -0.15) is 9.50 Å². The Kier molecular flexibility index (Phi) is 5.19. The molecule has 0 N–H and O–H groups in total. The quantitative estimate of drug-likeness (QED) is 0.668. The van der Waals surface area contributed by atoms with E-state index in [0.717, 1.165) is 43.9 Å². The Hall–Kier alpha value is -3.00. The Morgan fingerprint density at radius 1 is 1.10 bits per heavy atom. The van der Waals surface area contributed by atoms with Crippen molar-refractivity contribution in [1.29, 1.82) is 0 Å². The van der Waals surface area contributed by atoms with Crippen LogP contribution in [-0.2, 0) is 11.3 Å². The fraction of sp³-hybridized carbons (Fsp3) is 0.429. The maximum absolute atomic E-state index is 12.9. The van der Waals surface area contributed by atoms with Crippen LogP contribution in [0.2, 0.25) is 0 Å². The van der Waals surface area contributed by atoms with Gasteiger partial charge in [0.25, 0.3) is 5.56 Å². The summed E-state index contributed by atoms with van der Waals surface area (Å²) in [7, 11) is 0. The molecule has 0 radical (unpaired) electrons. The van der Waals surface area contributed by atoms with Crippen molar-refractivity contribution in [2.24, 2.45) is 0 Å². The molecule has 152 valence electrons. The summed E-state index contributed by atoms with van der Waals surface area (Å²) in [4.78, 5) is 34.2. The van der Waals surface area contributed by atoms with Gasteiger partial charge in [0.1, 0.15) is 6.54 Å². The molecule has 3 aromatic rings. The van der Waals surface area contributed by atoms with Crippen LogP contribution >= 0.6 is 0 Å². The second-order valence-electron chi connectivity index (χ2n) is 7.54. The van der Waals surface area contributed by atoms with Crippen LogP contribution in [0.4, 0.5) is 0 Å². The molecule has 1 fully saturated rings. The van der Waals surface area contributed by atoms with Gasteiger partial charge in [0.2, 0.25) is 11.7 Å². The number of carbonyl (C=O) groups is 1. The number of nitrogens with zero attached hydrogens (tertiary/aromatic N) is 6. The number of rotatable bonds is 4. The molecule has 0 unspecified atom stereocenters. The lowest BCUT2D eigenvalue weighted by atomic mass is 10.1. The predicted octanol–water partition coefficient (Wildman–Crippen LogP) is 1.34. The fourth-order valence-electron chi connectivity index (χ4n) is 3.75. The maximum atomic E-state index is 12.9.